The first-order chi connectivity index (χ1) is 7.68. The zero-order chi connectivity index (χ0) is 11.5. The van der Waals surface area contributed by atoms with Crippen molar-refractivity contribution in [3.63, 3.8) is 0 Å². The molecule has 1 aliphatic rings. The summed E-state index contributed by atoms with van der Waals surface area (Å²) < 4.78 is 0. The highest BCUT2D eigenvalue weighted by atomic mass is 16.2. The largest absolute Gasteiger partial charge is 0.347 e. The van der Waals surface area contributed by atoms with Crippen molar-refractivity contribution in [3.05, 3.63) is 35.9 Å². The molecule has 1 atom stereocenters. The summed E-state index contributed by atoms with van der Waals surface area (Å²) in [7, 11) is 3.64. The van der Waals surface area contributed by atoms with Gasteiger partial charge in [0.1, 0.15) is 0 Å². The van der Waals surface area contributed by atoms with Gasteiger partial charge in [0.25, 0.3) is 0 Å². The van der Waals surface area contributed by atoms with Gasteiger partial charge in [-0.05, 0) is 12.0 Å². The molecule has 1 amide bonds. The molecule has 2 rings (SSSR count). The molecular formula is C13H18N2O. The quantitative estimate of drug-likeness (QED) is 0.764. The first kappa shape index (κ1) is 11.1. The molecule has 86 valence electrons. The summed E-state index contributed by atoms with van der Waals surface area (Å²) in [4.78, 5) is 15.7. The number of hydrogen-bond donors (Lipinski definition) is 0. The Morgan fingerprint density at radius 1 is 1.38 bits per heavy atom. The number of rotatable bonds is 3. The maximum Gasteiger partial charge on any atom is 0.239 e. The van der Waals surface area contributed by atoms with Crippen LogP contribution in [-0.2, 0) is 11.3 Å². The Kier molecular flexibility index (Phi) is 3.25. The van der Waals surface area contributed by atoms with Crippen LogP contribution in [0.4, 0.5) is 0 Å². The van der Waals surface area contributed by atoms with Crippen LogP contribution in [0.2, 0.25) is 0 Å². The van der Waals surface area contributed by atoms with Gasteiger partial charge in [0.05, 0.1) is 6.04 Å². The molecule has 0 radical (unpaired) electrons. The van der Waals surface area contributed by atoms with Gasteiger partial charge in [-0.1, -0.05) is 30.3 Å². The molecule has 3 nitrogen and oxygen atoms in total. The zero-order valence-electron chi connectivity index (χ0n) is 9.89. The standard InChI is InChI=1S/C13H18N2O/c1-14(2)13(16)12-8-9-15(12)10-11-6-4-3-5-7-11/h3-7,12H,8-10H2,1-2H3. The zero-order valence-corrected chi connectivity index (χ0v) is 9.89. The lowest BCUT2D eigenvalue weighted by Gasteiger charge is -2.40. The highest BCUT2D eigenvalue weighted by Crippen LogP contribution is 2.21. The number of benzene rings is 1. The first-order valence-corrected chi connectivity index (χ1v) is 5.67. The summed E-state index contributed by atoms with van der Waals surface area (Å²) in [6.07, 6.45) is 0.990. The predicted molar refractivity (Wildman–Crippen MR) is 64.0 cm³/mol. The van der Waals surface area contributed by atoms with E-state index in [2.05, 4.69) is 17.0 Å². The Labute approximate surface area is 96.7 Å². The average Bonchev–Trinajstić information content (AvgIpc) is 2.26. The van der Waals surface area contributed by atoms with E-state index in [-0.39, 0.29) is 11.9 Å². The normalized spacial score (nSPS) is 20.2. The van der Waals surface area contributed by atoms with E-state index >= 15 is 0 Å². The van der Waals surface area contributed by atoms with Crippen molar-refractivity contribution in [1.82, 2.24) is 9.80 Å². The van der Waals surface area contributed by atoms with E-state index in [1.807, 2.05) is 32.3 Å². The van der Waals surface area contributed by atoms with Gasteiger partial charge >= 0.3 is 0 Å². The van der Waals surface area contributed by atoms with Crippen LogP contribution in [0.1, 0.15) is 12.0 Å². The van der Waals surface area contributed by atoms with Gasteiger partial charge < -0.3 is 4.90 Å². The molecule has 1 fully saturated rings. The van der Waals surface area contributed by atoms with E-state index in [0.717, 1.165) is 19.5 Å². The second-order valence-corrected chi connectivity index (χ2v) is 4.49. The number of nitrogens with zero attached hydrogens (tertiary/aromatic N) is 2. The molecule has 0 bridgehead atoms. The molecule has 16 heavy (non-hydrogen) atoms. The highest BCUT2D eigenvalue weighted by Gasteiger charge is 2.34. The minimum atomic E-state index is 0.0928. The molecule has 1 aliphatic heterocycles. The Hall–Kier alpha value is -1.35. The minimum Gasteiger partial charge on any atom is -0.347 e. The van der Waals surface area contributed by atoms with Crippen LogP contribution in [0.15, 0.2) is 30.3 Å². The first-order valence-electron chi connectivity index (χ1n) is 5.67. The van der Waals surface area contributed by atoms with Crippen molar-refractivity contribution in [3.8, 4) is 0 Å². The Morgan fingerprint density at radius 2 is 2.06 bits per heavy atom. The summed E-state index contributed by atoms with van der Waals surface area (Å²) in [5, 5.41) is 0. The van der Waals surface area contributed by atoms with Gasteiger partial charge in [-0.25, -0.2) is 0 Å². The van der Waals surface area contributed by atoms with Gasteiger partial charge in [-0.15, -0.1) is 0 Å². The second kappa shape index (κ2) is 4.66. The molecule has 0 aliphatic carbocycles. The van der Waals surface area contributed by atoms with Gasteiger partial charge in [-0.2, -0.15) is 0 Å². The van der Waals surface area contributed by atoms with Crippen LogP contribution in [0, 0.1) is 0 Å². The van der Waals surface area contributed by atoms with Crippen LogP contribution in [0.5, 0.6) is 0 Å². The Morgan fingerprint density at radius 3 is 2.56 bits per heavy atom. The number of carbonyl (C=O) groups is 1. The van der Waals surface area contributed by atoms with Crippen LogP contribution in [0.25, 0.3) is 0 Å². The fourth-order valence-corrected chi connectivity index (χ4v) is 2.03. The monoisotopic (exact) mass is 218 g/mol. The Bertz CT molecular complexity index is 361. The van der Waals surface area contributed by atoms with Crippen molar-refractivity contribution in [1.29, 1.82) is 0 Å². The van der Waals surface area contributed by atoms with E-state index in [1.165, 1.54) is 5.56 Å². The lowest BCUT2D eigenvalue weighted by Crippen LogP contribution is -2.55. The maximum absolute atomic E-state index is 11.8. The van der Waals surface area contributed by atoms with Crippen molar-refractivity contribution >= 4 is 5.91 Å². The van der Waals surface area contributed by atoms with Crippen LogP contribution >= 0.6 is 0 Å². The lowest BCUT2D eigenvalue weighted by atomic mass is 10.0. The number of carbonyl (C=O) groups excluding carboxylic acids is 1. The van der Waals surface area contributed by atoms with E-state index in [4.69, 9.17) is 0 Å². The fraction of sp³-hybridized carbons (Fsp3) is 0.462. The van der Waals surface area contributed by atoms with Gasteiger partial charge in [-0.3, -0.25) is 9.69 Å². The topological polar surface area (TPSA) is 23.6 Å². The van der Waals surface area contributed by atoms with Crippen LogP contribution in [0.3, 0.4) is 0 Å². The molecule has 3 heteroatoms. The highest BCUT2D eigenvalue weighted by molar-refractivity contribution is 5.82. The molecule has 1 saturated heterocycles. The van der Waals surface area contributed by atoms with E-state index in [1.54, 1.807) is 4.90 Å². The summed E-state index contributed by atoms with van der Waals surface area (Å²) in [5.74, 6) is 0.224. The van der Waals surface area contributed by atoms with Crippen LogP contribution in [-0.4, -0.2) is 42.4 Å². The third kappa shape index (κ3) is 2.25. The fourth-order valence-electron chi connectivity index (χ4n) is 2.03. The number of amides is 1. The summed E-state index contributed by atoms with van der Waals surface area (Å²) in [6, 6.07) is 10.4. The van der Waals surface area contributed by atoms with Crippen molar-refractivity contribution in [2.75, 3.05) is 20.6 Å². The molecule has 1 aromatic rings. The van der Waals surface area contributed by atoms with Crippen LogP contribution < -0.4 is 0 Å². The summed E-state index contributed by atoms with van der Waals surface area (Å²) in [5.41, 5.74) is 1.28. The third-order valence-electron chi connectivity index (χ3n) is 3.08. The molecule has 1 heterocycles. The maximum atomic E-state index is 11.8. The van der Waals surface area contributed by atoms with Crippen molar-refractivity contribution in [2.45, 2.75) is 19.0 Å². The van der Waals surface area contributed by atoms with Gasteiger partial charge in [0.2, 0.25) is 5.91 Å². The minimum absolute atomic E-state index is 0.0928. The van der Waals surface area contributed by atoms with E-state index in [9.17, 15) is 4.79 Å². The predicted octanol–water partition coefficient (Wildman–Crippen LogP) is 1.35. The molecule has 0 N–H and O–H groups in total. The molecule has 1 aromatic carbocycles. The van der Waals surface area contributed by atoms with Crippen molar-refractivity contribution < 1.29 is 4.79 Å². The Balaban J connectivity index is 1.95. The molecule has 0 aromatic heterocycles. The van der Waals surface area contributed by atoms with E-state index < -0.39 is 0 Å². The van der Waals surface area contributed by atoms with Crippen molar-refractivity contribution in [2.24, 2.45) is 0 Å². The smallest absolute Gasteiger partial charge is 0.239 e. The second-order valence-electron chi connectivity index (χ2n) is 4.49. The number of hydrogen-bond acceptors (Lipinski definition) is 2. The lowest BCUT2D eigenvalue weighted by molar-refractivity contribution is -0.139. The molecule has 0 saturated carbocycles. The number of likely N-dealkylation sites (N-methyl/N-ethyl adjacent to an activating group) is 1. The SMILES string of the molecule is CN(C)C(=O)C1CCN1Cc1ccccc1. The average molecular weight is 218 g/mol. The third-order valence-corrected chi connectivity index (χ3v) is 3.08. The van der Waals surface area contributed by atoms with E-state index in [0.29, 0.717) is 0 Å². The summed E-state index contributed by atoms with van der Waals surface area (Å²) >= 11 is 0. The molecular weight excluding hydrogens is 200 g/mol. The number of likely N-dealkylation sites (tertiary alicyclic amines) is 1. The van der Waals surface area contributed by atoms with Gasteiger partial charge in [0.15, 0.2) is 0 Å². The summed E-state index contributed by atoms with van der Waals surface area (Å²) in [6.45, 7) is 1.91. The van der Waals surface area contributed by atoms with Gasteiger partial charge in [0, 0.05) is 27.2 Å². The molecule has 1 unspecified atom stereocenters. The molecule has 0 spiro atoms.